The average molecular weight is 178 g/mol. The molecule has 0 saturated heterocycles. The van der Waals surface area contributed by atoms with E-state index in [2.05, 4.69) is 0 Å². The van der Waals surface area contributed by atoms with E-state index in [1.807, 2.05) is 45.9 Å². The van der Waals surface area contributed by atoms with Gasteiger partial charge in [-0.15, -0.1) is 0 Å². The van der Waals surface area contributed by atoms with Gasteiger partial charge in [0.1, 0.15) is 0 Å². The first-order valence-electron chi connectivity index (χ1n) is 4.59. The summed E-state index contributed by atoms with van der Waals surface area (Å²) in [5.74, 6) is 0.138. The number of allylic oxidation sites excluding steroid dienone is 6. The van der Waals surface area contributed by atoms with E-state index in [0.29, 0.717) is 0 Å². The minimum atomic E-state index is -0.0209. The van der Waals surface area contributed by atoms with Crippen molar-refractivity contribution in [2.24, 2.45) is 5.92 Å². The number of ketones is 1. The Morgan fingerprint density at radius 2 is 1.69 bits per heavy atom. The third-order valence-corrected chi connectivity index (χ3v) is 1.72. The van der Waals surface area contributed by atoms with Crippen molar-refractivity contribution >= 4 is 5.78 Å². The summed E-state index contributed by atoms with van der Waals surface area (Å²) in [6, 6.07) is 0. The van der Waals surface area contributed by atoms with E-state index in [4.69, 9.17) is 0 Å². The number of carbonyl (C=O) groups is 1. The van der Waals surface area contributed by atoms with Crippen LogP contribution in [0.15, 0.2) is 36.0 Å². The zero-order chi connectivity index (χ0) is 10.3. The summed E-state index contributed by atoms with van der Waals surface area (Å²) in [6.07, 6.45) is 9.34. The van der Waals surface area contributed by atoms with Gasteiger partial charge in [-0.1, -0.05) is 36.8 Å². The van der Waals surface area contributed by atoms with Gasteiger partial charge >= 0.3 is 0 Å². The Hall–Kier alpha value is -1.11. The van der Waals surface area contributed by atoms with Crippen molar-refractivity contribution in [3.63, 3.8) is 0 Å². The number of rotatable bonds is 4. The van der Waals surface area contributed by atoms with Gasteiger partial charge in [0.25, 0.3) is 0 Å². The second-order valence-electron chi connectivity index (χ2n) is 3.10. The molecule has 1 heteroatoms. The highest BCUT2D eigenvalue weighted by Crippen LogP contribution is 2.06. The zero-order valence-corrected chi connectivity index (χ0v) is 8.87. The zero-order valence-electron chi connectivity index (χ0n) is 8.87. The first-order chi connectivity index (χ1) is 6.11. The quantitative estimate of drug-likeness (QED) is 0.477. The minimum Gasteiger partial charge on any atom is -0.294 e. The number of hydrogen-bond acceptors (Lipinski definition) is 1. The maximum atomic E-state index is 11.3. The lowest BCUT2D eigenvalue weighted by molar-refractivity contribution is -0.116. The normalized spacial score (nSPS) is 15.5. The van der Waals surface area contributed by atoms with Gasteiger partial charge in [-0.2, -0.15) is 0 Å². The van der Waals surface area contributed by atoms with Gasteiger partial charge in [0.05, 0.1) is 0 Å². The summed E-state index contributed by atoms with van der Waals surface area (Å²) in [5, 5.41) is 0. The molecule has 13 heavy (non-hydrogen) atoms. The van der Waals surface area contributed by atoms with Gasteiger partial charge in [-0.25, -0.2) is 0 Å². The average Bonchev–Trinajstić information content (AvgIpc) is 2.05. The monoisotopic (exact) mass is 178 g/mol. The topological polar surface area (TPSA) is 17.1 Å². The van der Waals surface area contributed by atoms with Crippen LogP contribution < -0.4 is 0 Å². The van der Waals surface area contributed by atoms with Crippen LogP contribution in [0.4, 0.5) is 0 Å². The van der Waals surface area contributed by atoms with Gasteiger partial charge in [-0.3, -0.25) is 4.79 Å². The third-order valence-electron chi connectivity index (χ3n) is 1.72. The Morgan fingerprint density at radius 1 is 1.15 bits per heavy atom. The van der Waals surface area contributed by atoms with Crippen LogP contribution in [-0.4, -0.2) is 5.78 Å². The van der Waals surface area contributed by atoms with E-state index < -0.39 is 0 Å². The van der Waals surface area contributed by atoms with Crippen molar-refractivity contribution in [1.82, 2.24) is 0 Å². The summed E-state index contributed by atoms with van der Waals surface area (Å²) in [6.45, 7) is 7.73. The molecule has 0 fully saturated rings. The molecule has 0 aliphatic rings. The fourth-order valence-electron chi connectivity index (χ4n) is 1.11. The first-order valence-corrected chi connectivity index (χ1v) is 4.59. The van der Waals surface area contributed by atoms with Crippen molar-refractivity contribution in [3.05, 3.63) is 36.0 Å². The summed E-state index contributed by atoms with van der Waals surface area (Å²) >= 11 is 0. The molecule has 0 rings (SSSR count). The Bertz CT molecular complexity index is 244. The SMILES string of the molecule is C/C=C/C(=O)[C@H](C)/C=C(C)/C=C/C. The second kappa shape index (κ2) is 6.41. The lowest BCUT2D eigenvalue weighted by atomic mass is 10.0. The van der Waals surface area contributed by atoms with Crippen molar-refractivity contribution in [2.75, 3.05) is 0 Å². The molecule has 0 spiro atoms. The highest BCUT2D eigenvalue weighted by atomic mass is 16.1. The van der Waals surface area contributed by atoms with E-state index in [1.165, 1.54) is 0 Å². The molecule has 0 heterocycles. The van der Waals surface area contributed by atoms with Crippen LogP contribution in [0.2, 0.25) is 0 Å². The van der Waals surface area contributed by atoms with Gasteiger partial charge in [0.2, 0.25) is 0 Å². The molecule has 1 atom stereocenters. The number of carbonyl (C=O) groups excluding carboxylic acids is 1. The summed E-state index contributed by atoms with van der Waals surface area (Å²) in [4.78, 5) is 11.3. The maximum absolute atomic E-state index is 11.3. The van der Waals surface area contributed by atoms with E-state index >= 15 is 0 Å². The Balaban J connectivity index is 4.36. The van der Waals surface area contributed by atoms with Crippen LogP contribution >= 0.6 is 0 Å². The van der Waals surface area contributed by atoms with Crippen LogP contribution in [0.1, 0.15) is 27.7 Å². The van der Waals surface area contributed by atoms with Crippen LogP contribution in [0.25, 0.3) is 0 Å². The molecule has 0 radical (unpaired) electrons. The summed E-state index contributed by atoms with van der Waals surface area (Å²) in [5.41, 5.74) is 1.13. The first kappa shape index (κ1) is 11.9. The van der Waals surface area contributed by atoms with Gasteiger partial charge in [0, 0.05) is 5.92 Å². The molecule has 1 nitrogen and oxygen atoms in total. The predicted octanol–water partition coefficient (Wildman–Crippen LogP) is 3.29. The molecule has 72 valence electrons. The molecule has 0 aliphatic heterocycles. The lowest BCUT2D eigenvalue weighted by Gasteiger charge is -2.01. The lowest BCUT2D eigenvalue weighted by Crippen LogP contribution is -2.04. The molecule has 0 aliphatic carbocycles. The molecule has 0 aromatic rings. The maximum Gasteiger partial charge on any atom is 0.161 e. The third kappa shape index (κ3) is 5.18. The fraction of sp³-hybridized carbons (Fsp3) is 0.417. The molecule has 0 bridgehead atoms. The highest BCUT2D eigenvalue weighted by Gasteiger charge is 2.04. The van der Waals surface area contributed by atoms with E-state index in [1.54, 1.807) is 12.2 Å². The molecule has 0 aromatic heterocycles. The van der Waals surface area contributed by atoms with E-state index in [0.717, 1.165) is 5.57 Å². The Morgan fingerprint density at radius 3 is 2.15 bits per heavy atom. The van der Waals surface area contributed by atoms with Crippen LogP contribution in [0.5, 0.6) is 0 Å². The molecule has 0 aromatic carbocycles. The van der Waals surface area contributed by atoms with Crippen LogP contribution in [0, 0.1) is 5.92 Å². The van der Waals surface area contributed by atoms with Gasteiger partial charge < -0.3 is 0 Å². The van der Waals surface area contributed by atoms with Crippen molar-refractivity contribution in [2.45, 2.75) is 27.7 Å². The minimum absolute atomic E-state index is 0.0209. The second-order valence-corrected chi connectivity index (χ2v) is 3.10. The molecular weight excluding hydrogens is 160 g/mol. The van der Waals surface area contributed by atoms with Crippen molar-refractivity contribution in [3.8, 4) is 0 Å². The van der Waals surface area contributed by atoms with Gasteiger partial charge in [0.15, 0.2) is 5.78 Å². The predicted molar refractivity (Wildman–Crippen MR) is 57.6 cm³/mol. The van der Waals surface area contributed by atoms with Crippen molar-refractivity contribution in [1.29, 1.82) is 0 Å². The molecule has 0 saturated carbocycles. The summed E-state index contributed by atoms with van der Waals surface area (Å²) in [7, 11) is 0. The highest BCUT2D eigenvalue weighted by molar-refractivity contribution is 5.92. The standard InChI is InChI=1S/C12H18O/c1-5-7-10(3)9-11(4)12(13)8-6-2/h5-9,11H,1-4H3/b7-5+,8-6+,10-9+/t11-/m1/s1. The summed E-state index contributed by atoms with van der Waals surface area (Å²) < 4.78 is 0. The Kier molecular flexibility index (Phi) is 5.86. The smallest absolute Gasteiger partial charge is 0.161 e. The van der Waals surface area contributed by atoms with Crippen LogP contribution in [-0.2, 0) is 4.79 Å². The molecule has 0 amide bonds. The Labute approximate surface area is 80.8 Å². The molecular formula is C12H18O. The van der Waals surface area contributed by atoms with E-state index in [-0.39, 0.29) is 11.7 Å². The molecule has 0 N–H and O–H groups in total. The molecule has 0 unspecified atom stereocenters. The largest absolute Gasteiger partial charge is 0.294 e. The van der Waals surface area contributed by atoms with Gasteiger partial charge in [-0.05, 0) is 26.8 Å². The van der Waals surface area contributed by atoms with Crippen LogP contribution in [0.3, 0.4) is 0 Å². The van der Waals surface area contributed by atoms with E-state index in [9.17, 15) is 4.79 Å². The number of hydrogen-bond donors (Lipinski definition) is 0. The van der Waals surface area contributed by atoms with Crippen molar-refractivity contribution < 1.29 is 4.79 Å². The fourth-order valence-corrected chi connectivity index (χ4v) is 1.11.